The third-order valence-corrected chi connectivity index (χ3v) is 12.3. The molecule has 2 aromatic heterocycles. The van der Waals surface area contributed by atoms with Crippen LogP contribution in [0.4, 0.5) is 33.2 Å². The van der Waals surface area contributed by atoms with Crippen LogP contribution in [0.2, 0.25) is 0 Å². The maximum atomic E-state index is 15.0. The number of hydrogen-bond donors (Lipinski definition) is 4. The number of fused-ring (bicyclic) bond motifs is 1. The summed E-state index contributed by atoms with van der Waals surface area (Å²) in [7, 11) is 1.49. The molecule has 5 heterocycles. The molecule has 16 nitrogen and oxygen atoms in total. The summed E-state index contributed by atoms with van der Waals surface area (Å²) in [4.78, 5) is 91.7. The summed E-state index contributed by atoms with van der Waals surface area (Å²) in [6.07, 6.45) is 8.17. The predicted octanol–water partition coefficient (Wildman–Crippen LogP) is 5.58. The molecule has 61 heavy (non-hydrogen) atoms. The zero-order chi connectivity index (χ0) is 42.6. The number of anilines is 5. The number of piperazine rings is 1. The number of carbonyl (C=O) groups excluding carboxylic acids is 6. The maximum Gasteiger partial charge on any atom is 0.265 e. The molecule has 316 valence electrons. The number of imide groups is 2. The minimum Gasteiger partial charge on any atom is -0.494 e. The number of amides is 6. The van der Waals surface area contributed by atoms with Crippen LogP contribution in [0, 0.1) is 5.82 Å². The quantitative estimate of drug-likeness (QED) is 0.0910. The Bertz CT molecular complexity index is 2450. The van der Waals surface area contributed by atoms with Crippen molar-refractivity contribution in [2.75, 3.05) is 60.7 Å². The molecule has 2 fully saturated rings. The lowest BCUT2D eigenvalue weighted by molar-refractivity contribution is -0.136. The Hall–Kier alpha value is -6.69. The monoisotopic (exact) mass is 849 g/mol. The number of carbonyl (C=O) groups is 6. The van der Waals surface area contributed by atoms with Gasteiger partial charge in [-0.05, 0) is 80.5 Å². The van der Waals surface area contributed by atoms with Gasteiger partial charge in [-0.25, -0.2) is 9.37 Å². The van der Waals surface area contributed by atoms with Crippen molar-refractivity contribution in [3.8, 4) is 5.75 Å². The number of aromatic nitrogens is 2. The highest BCUT2D eigenvalue weighted by Gasteiger charge is 2.45. The lowest BCUT2D eigenvalue weighted by Gasteiger charge is -2.35. The second kappa shape index (κ2) is 17.9. The molecule has 1 unspecified atom stereocenters. The molecule has 2 aromatic carbocycles. The summed E-state index contributed by atoms with van der Waals surface area (Å²) in [6.45, 7) is 2.21. The van der Waals surface area contributed by atoms with Crippen molar-refractivity contribution in [2.45, 2.75) is 57.4 Å². The molecule has 8 rings (SSSR count). The lowest BCUT2D eigenvalue weighted by Crippen LogP contribution is -2.54. The number of allylic oxidation sites excluding steroid dienone is 2. The largest absolute Gasteiger partial charge is 0.494 e. The molecule has 0 saturated carbocycles. The average molecular weight is 850 g/mol. The van der Waals surface area contributed by atoms with Crippen molar-refractivity contribution in [1.82, 2.24) is 25.1 Å². The van der Waals surface area contributed by atoms with E-state index >= 15 is 0 Å². The van der Waals surface area contributed by atoms with Crippen LogP contribution in [-0.4, -0.2) is 101 Å². The third-order valence-electron chi connectivity index (χ3n) is 11.1. The van der Waals surface area contributed by atoms with E-state index in [9.17, 15) is 33.2 Å². The summed E-state index contributed by atoms with van der Waals surface area (Å²) < 4.78 is 20.5. The SMILES string of the molecule is COc1cc(Nc2nc(N3CCN(C(=O)CCCCNc4cccc5c4C(=O)N(C4CCC(=O)NC4=O)C5=O)CC3)ncc2F)ccc1NC(=O)c1ccc(C2=CCCC2)s1. The van der Waals surface area contributed by atoms with Crippen molar-refractivity contribution in [1.29, 1.82) is 0 Å². The number of nitrogens with zero attached hydrogens (tertiary/aromatic N) is 5. The van der Waals surface area contributed by atoms with E-state index in [2.05, 4.69) is 37.3 Å². The molecule has 0 radical (unpaired) electrons. The molecule has 4 N–H and O–H groups in total. The first-order valence-corrected chi connectivity index (χ1v) is 21.1. The van der Waals surface area contributed by atoms with Gasteiger partial charge in [0.2, 0.25) is 23.7 Å². The summed E-state index contributed by atoms with van der Waals surface area (Å²) in [5.41, 5.74) is 3.09. The fourth-order valence-corrected chi connectivity index (χ4v) is 8.89. The summed E-state index contributed by atoms with van der Waals surface area (Å²) >= 11 is 1.46. The van der Waals surface area contributed by atoms with E-state index in [1.165, 1.54) is 24.0 Å². The number of hydrogen-bond acceptors (Lipinski definition) is 13. The molecule has 4 aliphatic rings. The Morgan fingerprint density at radius 2 is 1.82 bits per heavy atom. The highest BCUT2D eigenvalue weighted by molar-refractivity contribution is 7.15. The zero-order valence-electron chi connectivity index (χ0n) is 33.4. The minimum atomic E-state index is -1.04. The third kappa shape index (κ3) is 8.80. The number of benzene rings is 2. The summed E-state index contributed by atoms with van der Waals surface area (Å²) in [5.74, 6) is -2.49. The Labute approximate surface area is 354 Å². The van der Waals surface area contributed by atoms with Crippen molar-refractivity contribution in [3.63, 3.8) is 0 Å². The van der Waals surface area contributed by atoms with E-state index in [4.69, 9.17) is 4.74 Å². The van der Waals surface area contributed by atoms with Crippen LogP contribution in [0.1, 0.15) is 86.6 Å². The Morgan fingerprint density at radius 1 is 0.984 bits per heavy atom. The van der Waals surface area contributed by atoms with E-state index in [0.29, 0.717) is 85.6 Å². The number of thiophene rings is 1. The van der Waals surface area contributed by atoms with Gasteiger partial charge in [0.05, 0.1) is 35.0 Å². The maximum absolute atomic E-state index is 15.0. The van der Waals surface area contributed by atoms with Crippen LogP contribution in [0.3, 0.4) is 0 Å². The molecule has 2 saturated heterocycles. The number of unbranched alkanes of at least 4 members (excludes halogenated alkanes) is 1. The van der Waals surface area contributed by atoms with Gasteiger partial charge >= 0.3 is 0 Å². The van der Waals surface area contributed by atoms with Gasteiger partial charge in [0.25, 0.3) is 17.7 Å². The van der Waals surface area contributed by atoms with Crippen molar-refractivity contribution < 1.29 is 37.9 Å². The Kier molecular flexibility index (Phi) is 12.0. The highest BCUT2D eigenvalue weighted by atomic mass is 32.1. The Morgan fingerprint density at radius 3 is 2.59 bits per heavy atom. The Balaban J connectivity index is 0.796. The fourth-order valence-electron chi connectivity index (χ4n) is 7.92. The number of ether oxygens (including phenoxy) is 1. The van der Waals surface area contributed by atoms with Crippen LogP contribution in [0.25, 0.3) is 5.57 Å². The first kappa shape index (κ1) is 41.1. The topological polar surface area (TPSA) is 195 Å². The molecular weight excluding hydrogens is 806 g/mol. The van der Waals surface area contributed by atoms with Crippen molar-refractivity contribution in [2.24, 2.45) is 0 Å². The first-order valence-electron chi connectivity index (χ1n) is 20.3. The van der Waals surface area contributed by atoms with Gasteiger partial charge in [-0.1, -0.05) is 12.1 Å². The van der Waals surface area contributed by atoms with Gasteiger partial charge in [0.15, 0.2) is 11.6 Å². The number of piperidine rings is 1. The van der Waals surface area contributed by atoms with Crippen LogP contribution < -0.4 is 30.9 Å². The van der Waals surface area contributed by atoms with Gasteiger partial charge in [0.1, 0.15) is 11.8 Å². The van der Waals surface area contributed by atoms with Crippen LogP contribution in [-0.2, 0) is 14.4 Å². The van der Waals surface area contributed by atoms with Crippen LogP contribution in [0.15, 0.2) is 60.8 Å². The normalized spacial score (nSPS) is 17.6. The molecule has 1 aliphatic carbocycles. The van der Waals surface area contributed by atoms with Gasteiger partial charge < -0.3 is 30.5 Å². The fraction of sp³-hybridized carbons (Fsp3) is 0.349. The van der Waals surface area contributed by atoms with E-state index < -0.39 is 35.5 Å². The van der Waals surface area contributed by atoms with E-state index in [1.807, 2.05) is 17.0 Å². The summed E-state index contributed by atoms with van der Waals surface area (Å²) in [5, 5.41) is 11.3. The van der Waals surface area contributed by atoms with Gasteiger partial charge in [-0.3, -0.25) is 39.0 Å². The number of halogens is 1. The van der Waals surface area contributed by atoms with Gasteiger partial charge in [-0.15, -0.1) is 11.3 Å². The lowest BCUT2D eigenvalue weighted by atomic mass is 10.0. The van der Waals surface area contributed by atoms with Gasteiger partial charge in [0, 0.05) is 67.9 Å². The number of methoxy groups -OCH3 is 1. The van der Waals surface area contributed by atoms with Crippen LogP contribution in [0.5, 0.6) is 5.75 Å². The highest BCUT2D eigenvalue weighted by Crippen LogP contribution is 2.35. The van der Waals surface area contributed by atoms with E-state index in [0.717, 1.165) is 35.2 Å². The van der Waals surface area contributed by atoms with E-state index in [1.54, 1.807) is 41.3 Å². The molecule has 6 amide bonds. The average Bonchev–Trinajstić information content (AvgIpc) is 4.04. The summed E-state index contributed by atoms with van der Waals surface area (Å²) in [6, 6.07) is 12.7. The molecule has 0 spiro atoms. The second-order valence-electron chi connectivity index (χ2n) is 15.1. The molecule has 3 aliphatic heterocycles. The van der Waals surface area contributed by atoms with Crippen molar-refractivity contribution in [3.05, 3.63) is 87.5 Å². The predicted molar refractivity (Wildman–Crippen MR) is 227 cm³/mol. The molecule has 18 heteroatoms. The second-order valence-corrected chi connectivity index (χ2v) is 16.2. The zero-order valence-corrected chi connectivity index (χ0v) is 34.2. The number of nitrogens with one attached hydrogen (secondary N) is 4. The van der Waals surface area contributed by atoms with E-state index in [-0.39, 0.29) is 41.6 Å². The minimum absolute atomic E-state index is 0.00117. The molecule has 4 aromatic rings. The van der Waals surface area contributed by atoms with Crippen LogP contribution >= 0.6 is 11.3 Å². The molecule has 0 bridgehead atoms. The smallest absolute Gasteiger partial charge is 0.265 e. The van der Waals surface area contributed by atoms with Gasteiger partial charge in [-0.2, -0.15) is 4.98 Å². The molecule has 1 atom stereocenters. The van der Waals surface area contributed by atoms with Crippen molar-refractivity contribution >= 4 is 81.2 Å². The molecular formula is C43H44FN9O7S. The first-order chi connectivity index (χ1) is 29.6. The standard InChI is InChI=1S/C43H44FN9O7S/c1-60-32-23-26(12-13-29(32)48-40(57)34-16-15-33(61-34)25-7-2-3-8-25)47-38-28(44)24-46-43(50-38)52-21-19-51(20-22-52)36(55)11-4-5-18-45-30-10-6-9-27-37(30)42(59)53(41(27)58)31-14-17-35(54)49-39(31)56/h6-7,9-10,12-13,15-16,23-24,31,45H,2-5,8,11,14,17-22H2,1H3,(H,48,57)(H,46,47,50)(H,49,54,56). The number of rotatable bonds is 14.